The number of esters is 1. The van der Waals surface area contributed by atoms with Crippen molar-refractivity contribution in [1.82, 2.24) is 9.55 Å². The van der Waals surface area contributed by atoms with Gasteiger partial charge in [-0.2, -0.15) is 0 Å². The first-order valence-electron chi connectivity index (χ1n) is 10.4. The summed E-state index contributed by atoms with van der Waals surface area (Å²) in [5.74, 6) is 1.17. The number of hydrogen-bond acceptors (Lipinski definition) is 6. The molecule has 32 heavy (non-hydrogen) atoms. The van der Waals surface area contributed by atoms with Gasteiger partial charge in [-0.3, -0.25) is 14.2 Å². The molecular formula is C25H24N2O4S. The summed E-state index contributed by atoms with van der Waals surface area (Å²) in [6.07, 6.45) is 1.25. The number of aromatic nitrogens is 2. The highest BCUT2D eigenvalue weighted by Gasteiger charge is 2.17. The van der Waals surface area contributed by atoms with Crippen LogP contribution in [-0.2, 0) is 22.5 Å². The van der Waals surface area contributed by atoms with Crippen LogP contribution in [0.1, 0.15) is 24.2 Å². The standard InChI is InChI=1S/C25H24N2O4S/c1-30-19-12-10-17(11-13-19)15-21-26-24-23(20(16-32-24)18-7-4-3-5-8-18)25(29)27(21)14-6-9-22(28)31-2/h3-5,7-8,10-13,16H,6,9,14-15H2,1-2H3. The quantitative estimate of drug-likeness (QED) is 0.366. The summed E-state index contributed by atoms with van der Waals surface area (Å²) in [4.78, 5) is 30.8. The summed E-state index contributed by atoms with van der Waals surface area (Å²) in [5.41, 5.74) is 2.82. The zero-order valence-electron chi connectivity index (χ0n) is 18.0. The molecule has 0 aliphatic carbocycles. The maximum atomic E-state index is 13.6. The first-order chi connectivity index (χ1) is 15.6. The van der Waals surface area contributed by atoms with Crippen molar-refractivity contribution in [2.75, 3.05) is 14.2 Å². The van der Waals surface area contributed by atoms with E-state index in [2.05, 4.69) is 0 Å². The average molecular weight is 449 g/mol. The minimum atomic E-state index is -0.288. The van der Waals surface area contributed by atoms with E-state index in [1.807, 2.05) is 60.0 Å². The van der Waals surface area contributed by atoms with Gasteiger partial charge in [0.05, 0.1) is 19.6 Å². The average Bonchev–Trinajstić information content (AvgIpc) is 3.26. The number of hydrogen-bond donors (Lipinski definition) is 0. The Kier molecular flexibility index (Phi) is 6.66. The Morgan fingerprint density at radius 2 is 1.81 bits per heavy atom. The molecule has 4 aromatic rings. The summed E-state index contributed by atoms with van der Waals surface area (Å²) in [7, 11) is 3.00. The monoisotopic (exact) mass is 448 g/mol. The van der Waals surface area contributed by atoms with Crippen LogP contribution in [0, 0.1) is 0 Å². The Hall–Kier alpha value is -3.45. The van der Waals surface area contributed by atoms with Crippen LogP contribution in [0.3, 0.4) is 0 Å². The van der Waals surface area contributed by atoms with Gasteiger partial charge in [-0.15, -0.1) is 11.3 Å². The van der Waals surface area contributed by atoms with Crippen molar-refractivity contribution in [3.05, 3.63) is 81.7 Å². The van der Waals surface area contributed by atoms with Crippen LogP contribution in [0.4, 0.5) is 0 Å². The topological polar surface area (TPSA) is 70.4 Å². The normalized spacial score (nSPS) is 10.9. The van der Waals surface area contributed by atoms with Crippen molar-refractivity contribution in [3.63, 3.8) is 0 Å². The maximum Gasteiger partial charge on any atom is 0.305 e. The van der Waals surface area contributed by atoms with Gasteiger partial charge in [0.15, 0.2) is 0 Å². The molecule has 0 radical (unpaired) electrons. The third-order valence-electron chi connectivity index (χ3n) is 5.37. The highest BCUT2D eigenvalue weighted by Crippen LogP contribution is 2.31. The zero-order chi connectivity index (χ0) is 22.5. The number of fused-ring (bicyclic) bond motifs is 1. The predicted octanol–water partition coefficient (Wildman–Crippen LogP) is 4.68. The van der Waals surface area contributed by atoms with Crippen molar-refractivity contribution < 1.29 is 14.3 Å². The first kappa shape index (κ1) is 21.8. The molecule has 0 atom stereocenters. The van der Waals surface area contributed by atoms with Crippen molar-refractivity contribution in [2.24, 2.45) is 0 Å². The number of thiophene rings is 1. The van der Waals surface area contributed by atoms with E-state index in [4.69, 9.17) is 14.5 Å². The van der Waals surface area contributed by atoms with Gasteiger partial charge in [0.25, 0.3) is 5.56 Å². The van der Waals surface area contributed by atoms with Crippen molar-refractivity contribution in [1.29, 1.82) is 0 Å². The number of carbonyl (C=O) groups excluding carboxylic acids is 1. The van der Waals surface area contributed by atoms with Crippen LogP contribution in [0.5, 0.6) is 5.75 Å². The summed E-state index contributed by atoms with van der Waals surface area (Å²) >= 11 is 1.48. The molecule has 0 saturated carbocycles. The minimum Gasteiger partial charge on any atom is -0.497 e. The lowest BCUT2D eigenvalue weighted by Crippen LogP contribution is -2.26. The molecule has 0 saturated heterocycles. The van der Waals surface area contributed by atoms with E-state index in [1.54, 1.807) is 11.7 Å². The molecule has 0 bridgehead atoms. The van der Waals surface area contributed by atoms with Crippen LogP contribution in [0.2, 0.25) is 0 Å². The van der Waals surface area contributed by atoms with Gasteiger partial charge in [0.1, 0.15) is 16.4 Å². The number of methoxy groups -OCH3 is 2. The highest BCUT2D eigenvalue weighted by atomic mass is 32.1. The Morgan fingerprint density at radius 3 is 2.50 bits per heavy atom. The summed E-state index contributed by atoms with van der Waals surface area (Å²) in [6.45, 7) is 0.395. The van der Waals surface area contributed by atoms with Gasteiger partial charge in [-0.25, -0.2) is 4.98 Å². The number of carbonyl (C=O) groups is 1. The lowest BCUT2D eigenvalue weighted by Gasteiger charge is -2.13. The molecule has 164 valence electrons. The molecule has 0 spiro atoms. The summed E-state index contributed by atoms with van der Waals surface area (Å²) in [6, 6.07) is 17.6. The fourth-order valence-corrected chi connectivity index (χ4v) is 4.63. The number of ether oxygens (including phenoxy) is 2. The molecule has 4 rings (SSSR count). The molecular weight excluding hydrogens is 424 g/mol. The fourth-order valence-electron chi connectivity index (χ4n) is 3.67. The van der Waals surface area contributed by atoms with Crippen LogP contribution in [0.25, 0.3) is 21.3 Å². The molecule has 2 aromatic carbocycles. The molecule has 0 aliphatic heterocycles. The lowest BCUT2D eigenvalue weighted by atomic mass is 10.1. The van der Waals surface area contributed by atoms with Gasteiger partial charge in [0.2, 0.25) is 0 Å². The van der Waals surface area contributed by atoms with E-state index in [1.165, 1.54) is 18.4 Å². The number of rotatable bonds is 8. The van der Waals surface area contributed by atoms with Crippen LogP contribution < -0.4 is 10.3 Å². The molecule has 2 aromatic heterocycles. The first-order valence-corrected chi connectivity index (χ1v) is 11.2. The molecule has 0 unspecified atom stereocenters. The zero-order valence-corrected chi connectivity index (χ0v) is 18.9. The maximum absolute atomic E-state index is 13.6. The second-order valence-electron chi connectivity index (χ2n) is 7.38. The molecule has 0 amide bonds. The van der Waals surface area contributed by atoms with Gasteiger partial charge in [0, 0.05) is 30.3 Å². The van der Waals surface area contributed by atoms with Gasteiger partial charge >= 0.3 is 5.97 Å². The SMILES string of the molecule is COC(=O)CCCn1c(Cc2ccc(OC)cc2)nc2scc(-c3ccccc3)c2c1=O. The van der Waals surface area contributed by atoms with E-state index in [-0.39, 0.29) is 17.9 Å². The summed E-state index contributed by atoms with van der Waals surface area (Å²) in [5, 5.41) is 2.61. The van der Waals surface area contributed by atoms with Crippen LogP contribution in [-0.4, -0.2) is 29.7 Å². The van der Waals surface area contributed by atoms with E-state index >= 15 is 0 Å². The van der Waals surface area contributed by atoms with Crippen LogP contribution >= 0.6 is 11.3 Å². The third kappa shape index (κ3) is 4.57. The van der Waals surface area contributed by atoms with Crippen molar-refractivity contribution >= 4 is 27.5 Å². The molecule has 2 heterocycles. The Labute approximate surface area is 190 Å². The Balaban J connectivity index is 1.77. The molecule has 0 fully saturated rings. The van der Waals surface area contributed by atoms with E-state index < -0.39 is 0 Å². The predicted molar refractivity (Wildman–Crippen MR) is 126 cm³/mol. The molecule has 0 aliphatic rings. The van der Waals surface area contributed by atoms with Gasteiger partial charge in [-0.05, 0) is 29.7 Å². The lowest BCUT2D eigenvalue weighted by molar-refractivity contribution is -0.140. The van der Waals surface area contributed by atoms with Gasteiger partial charge in [-0.1, -0.05) is 42.5 Å². The van der Waals surface area contributed by atoms with E-state index in [0.717, 1.165) is 27.3 Å². The van der Waals surface area contributed by atoms with Crippen molar-refractivity contribution in [2.45, 2.75) is 25.8 Å². The third-order valence-corrected chi connectivity index (χ3v) is 6.24. The minimum absolute atomic E-state index is 0.0801. The van der Waals surface area contributed by atoms with Gasteiger partial charge < -0.3 is 9.47 Å². The second-order valence-corrected chi connectivity index (χ2v) is 8.24. The fraction of sp³-hybridized carbons (Fsp3) is 0.240. The Bertz CT molecular complexity index is 1280. The molecule has 7 heteroatoms. The van der Waals surface area contributed by atoms with Crippen LogP contribution in [0.15, 0.2) is 64.8 Å². The smallest absolute Gasteiger partial charge is 0.305 e. The molecule has 0 N–H and O–H groups in total. The second kappa shape index (κ2) is 9.78. The number of benzene rings is 2. The summed E-state index contributed by atoms with van der Waals surface area (Å²) < 4.78 is 11.7. The highest BCUT2D eigenvalue weighted by molar-refractivity contribution is 7.17. The van der Waals surface area contributed by atoms with E-state index in [0.29, 0.717) is 30.6 Å². The van der Waals surface area contributed by atoms with Crippen molar-refractivity contribution in [3.8, 4) is 16.9 Å². The number of nitrogens with zero attached hydrogens (tertiary/aromatic N) is 2. The Morgan fingerprint density at radius 1 is 1.06 bits per heavy atom. The molecule has 6 nitrogen and oxygen atoms in total. The van der Waals surface area contributed by atoms with E-state index in [9.17, 15) is 9.59 Å². The largest absolute Gasteiger partial charge is 0.497 e.